The fourth-order valence-corrected chi connectivity index (χ4v) is 1.41. The summed E-state index contributed by atoms with van der Waals surface area (Å²) in [7, 11) is 0. The maximum Gasteiger partial charge on any atom is 0.147 e. The zero-order valence-electron chi connectivity index (χ0n) is 5.63. The third-order valence-electron chi connectivity index (χ3n) is 1.96. The van der Waals surface area contributed by atoms with E-state index >= 15 is 0 Å². The average molecular weight is 135 g/mol. The number of carbonyl (C=O) groups excluding carboxylic acids is 1. The van der Waals surface area contributed by atoms with E-state index in [1.54, 1.807) is 0 Å². The van der Waals surface area contributed by atoms with Crippen molar-refractivity contribution in [2.45, 2.75) is 6.42 Å². The van der Waals surface area contributed by atoms with Crippen molar-refractivity contribution in [1.82, 2.24) is 5.32 Å². The summed E-state index contributed by atoms with van der Waals surface area (Å²) < 4.78 is 0. The highest BCUT2D eigenvalue weighted by atomic mass is 16.1. The zero-order valence-corrected chi connectivity index (χ0v) is 5.63. The van der Waals surface area contributed by atoms with Crippen LogP contribution in [0.4, 0.5) is 0 Å². The van der Waals surface area contributed by atoms with Gasteiger partial charge >= 0.3 is 0 Å². The molecule has 2 nitrogen and oxygen atoms in total. The quantitative estimate of drug-likeness (QED) is 0.527. The number of ketones is 1. The van der Waals surface area contributed by atoms with Gasteiger partial charge in [0, 0.05) is 18.7 Å². The van der Waals surface area contributed by atoms with Crippen LogP contribution in [0.2, 0.25) is 0 Å². The molecular formula is C8H9NO. The number of piperidine rings is 1. The number of fused-ring (bicyclic) bond motifs is 1. The van der Waals surface area contributed by atoms with Crippen molar-refractivity contribution in [2.24, 2.45) is 5.92 Å². The fraction of sp³-hybridized carbons (Fsp3) is 0.375. The summed E-state index contributed by atoms with van der Waals surface area (Å²) in [5.41, 5.74) is 1.08. The Morgan fingerprint density at radius 2 is 2.50 bits per heavy atom. The minimum absolute atomic E-state index is 0.0637. The van der Waals surface area contributed by atoms with Crippen LogP contribution in [0.15, 0.2) is 23.9 Å². The van der Waals surface area contributed by atoms with Crippen LogP contribution in [0.25, 0.3) is 0 Å². The molecule has 0 amide bonds. The Kier molecular flexibility index (Phi) is 1.13. The van der Waals surface area contributed by atoms with Gasteiger partial charge in [0.2, 0.25) is 0 Å². The van der Waals surface area contributed by atoms with Crippen molar-refractivity contribution >= 4 is 5.78 Å². The first-order valence-corrected chi connectivity index (χ1v) is 3.53. The molecule has 1 heterocycles. The Morgan fingerprint density at radius 1 is 1.60 bits per heavy atom. The number of carbonyl (C=O) groups is 1. The standard InChI is InChI=1S/C8H9NO/c10-8-4-5-9-7-3-1-2-6(7)8/h1-3,6,9H,4-5H2/t6-/m1/s1. The highest BCUT2D eigenvalue weighted by Gasteiger charge is 2.25. The molecule has 0 aromatic rings. The van der Waals surface area contributed by atoms with Crippen LogP contribution in [-0.2, 0) is 4.79 Å². The highest BCUT2D eigenvalue weighted by Crippen LogP contribution is 2.21. The van der Waals surface area contributed by atoms with E-state index in [1.807, 2.05) is 18.2 Å². The van der Waals surface area contributed by atoms with E-state index in [0.717, 1.165) is 12.2 Å². The predicted molar refractivity (Wildman–Crippen MR) is 38.3 cm³/mol. The summed E-state index contributed by atoms with van der Waals surface area (Å²) in [6.45, 7) is 0.808. The lowest BCUT2D eigenvalue weighted by Crippen LogP contribution is -2.32. The lowest BCUT2D eigenvalue weighted by Gasteiger charge is -2.20. The summed E-state index contributed by atoms with van der Waals surface area (Å²) in [6, 6.07) is 0. The van der Waals surface area contributed by atoms with Crippen LogP contribution in [0, 0.1) is 5.92 Å². The smallest absolute Gasteiger partial charge is 0.147 e. The minimum atomic E-state index is 0.0637. The lowest BCUT2D eigenvalue weighted by atomic mass is 9.97. The van der Waals surface area contributed by atoms with E-state index in [9.17, 15) is 4.79 Å². The molecule has 1 fully saturated rings. The molecule has 10 heavy (non-hydrogen) atoms. The van der Waals surface area contributed by atoms with Gasteiger partial charge in [-0.05, 0) is 6.08 Å². The van der Waals surface area contributed by atoms with Crippen LogP contribution >= 0.6 is 0 Å². The topological polar surface area (TPSA) is 29.1 Å². The number of rotatable bonds is 0. The van der Waals surface area contributed by atoms with E-state index in [0.29, 0.717) is 12.2 Å². The Balaban J connectivity index is 2.27. The van der Waals surface area contributed by atoms with E-state index in [2.05, 4.69) is 5.32 Å². The largest absolute Gasteiger partial charge is 0.387 e. The molecule has 1 aliphatic heterocycles. The van der Waals surface area contributed by atoms with Gasteiger partial charge in [-0.25, -0.2) is 0 Å². The third-order valence-corrected chi connectivity index (χ3v) is 1.96. The summed E-state index contributed by atoms with van der Waals surface area (Å²) in [5, 5.41) is 3.19. The molecule has 2 aliphatic rings. The number of allylic oxidation sites excluding steroid dienone is 3. The molecule has 1 atom stereocenters. The van der Waals surface area contributed by atoms with E-state index in [4.69, 9.17) is 0 Å². The second kappa shape index (κ2) is 1.97. The van der Waals surface area contributed by atoms with Crippen molar-refractivity contribution in [1.29, 1.82) is 0 Å². The molecular weight excluding hydrogens is 126 g/mol. The second-order valence-corrected chi connectivity index (χ2v) is 2.63. The molecule has 0 aromatic carbocycles. The number of hydrogen-bond donors (Lipinski definition) is 1. The van der Waals surface area contributed by atoms with Gasteiger partial charge in [-0.1, -0.05) is 12.2 Å². The maximum atomic E-state index is 11.1. The average Bonchev–Trinajstić information content (AvgIpc) is 2.36. The number of hydrogen-bond acceptors (Lipinski definition) is 2. The van der Waals surface area contributed by atoms with Gasteiger partial charge in [0.1, 0.15) is 5.78 Å². The van der Waals surface area contributed by atoms with Crippen molar-refractivity contribution < 1.29 is 4.79 Å². The van der Waals surface area contributed by atoms with Crippen molar-refractivity contribution in [3.05, 3.63) is 23.9 Å². The molecule has 52 valence electrons. The molecule has 0 radical (unpaired) electrons. The molecule has 1 saturated heterocycles. The van der Waals surface area contributed by atoms with Crippen molar-refractivity contribution in [2.75, 3.05) is 6.54 Å². The fourth-order valence-electron chi connectivity index (χ4n) is 1.41. The van der Waals surface area contributed by atoms with Crippen molar-refractivity contribution in [3.63, 3.8) is 0 Å². The summed E-state index contributed by atoms with van der Waals surface area (Å²) in [4.78, 5) is 11.1. The van der Waals surface area contributed by atoms with Gasteiger partial charge in [-0.15, -0.1) is 0 Å². The molecule has 0 unspecified atom stereocenters. The summed E-state index contributed by atoms with van der Waals surface area (Å²) >= 11 is 0. The Hall–Kier alpha value is -1.05. The van der Waals surface area contributed by atoms with Gasteiger partial charge in [-0.3, -0.25) is 4.79 Å². The molecule has 1 N–H and O–H groups in total. The molecule has 1 aliphatic carbocycles. The molecule has 0 saturated carbocycles. The first kappa shape index (κ1) is 5.71. The Bertz CT molecular complexity index is 227. The van der Waals surface area contributed by atoms with Crippen LogP contribution in [0.1, 0.15) is 6.42 Å². The van der Waals surface area contributed by atoms with E-state index in [1.165, 1.54) is 0 Å². The molecule has 2 rings (SSSR count). The van der Waals surface area contributed by atoms with E-state index < -0.39 is 0 Å². The highest BCUT2D eigenvalue weighted by molar-refractivity contribution is 5.87. The van der Waals surface area contributed by atoms with Crippen LogP contribution in [0.5, 0.6) is 0 Å². The van der Waals surface area contributed by atoms with Crippen LogP contribution in [-0.4, -0.2) is 12.3 Å². The number of nitrogens with one attached hydrogen (secondary N) is 1. The first-order chi connectivity index (χ1) is 4.88. The maximum absolute atomic E-state index is 11.1. The molecule has 0 aromatic heterocycles. The van der Waals surface area contributed by atoms with E-state index in [-0.39, 0.29) is 5.92 Å². The third kappa shape index (κ3) is 0.685. The van der Waals surface area contributed by atoms with Gasteiger partial charge in [0.25, 0.3) is 0 Å². The predicted octanol–water partition coefficient (Wildman–Crippen LogP) is 0.619. The van der Waals surface area contributed by atoms with Gasteiger partial charge in [0.15, 0.2) is 0 Å². The first-order valence-electron chi connectivity index (χ1n) is 3.53. The van der Waals surface area contributed by atoms with Gasteiger partial charge in [0.05, 0.1) is 5.92 Å². The zero-order chi connectivity index (χ0) is 6.97. The SMILES string of the molecule is O=C1CCNC2=CC=C[C@@H]12. The molecule has 2 heteroatoms. The Morgan fingerprint density at radius 3 is 3.30 bits per heavy atom. The van der Waals surface area contributed by atoms with Crippen molar-refractivity contribution in [3.8, 4) is 0 Å². The van der Waals surface area contributed by atoms with Gasteiger partial charge < -0.3 is 5.32 Å². The minimum Gasteiger partial charge on any atom is -0.387 e. The Labute approximate surface area is 59.6 Å². The van der Waals surface area contributed by atoms with Crippen LogP contribution < -0.4 is 5.32 Å². The van der Waals surface area contributed by atoms with Gasteiger partial charge in [-0.2, -0.15) is 0 Å². The monoisotopic (exact) mass is 135 g/mol. The molecule has 0 bridgehead atoms. The molecule has 0 spiro atoms. The lowest BCUT2D eigenvalue weighted by molar-refractivity contribution is -0.121. The normalized spacial score (nSPS) is 29.4. The summed E-state index contributed by atoms with van der Waals surface area (Å²) in [5.74, 6) is 0.410. The second-order valence-electron chi connectivity index (χ2n) is 2.63. The number of Topliss-reactive ketones (excluding diaryl/α,β-unsaturated/α-hetero) is 1. The van der Waals surface area contributed by atoms with Crippen LogP contribution in [0.3, 0.4) is 0 Å². The summed E-state index contributed by atoms with van der Waals surface area (Å²) in [6.07, 6.45) is 6.54.